The zero-order valence-electron chi connectivity index (χ0n) is 17.7. The van der Waals surface area contributed by atoms with Gasteiger partial charge in [0.05, 0.1) is 43.0 Å². The van der Waals surface area contributed by atoms with E-state index in [1.807, 2.05) is 0 Å². The third-order valence-electron chi connectivity index (χ3n) is 5.21. The van der Waals surface area contributed by atoms with Crippen molar-refractivity contribution in [3.8, 4) is 0 Å². The molecule has 2 aromatic carbocycles. The second kappa shape index (κ2) is 10.0. The summed E-state index contributed by atoms with van der Waals surface area (Å²) < 4.78 is 0. The van der Waals surface area contributed by atoms with Gasteiger partial charge in [-0.2, -0.15) is 0 Å². The van der Waals surface area contributed by atoms with E-state index in [0.717, 1.165) is 21.9 Å². The first kappa shape index (κ1) is 26.2. The Hall–Kier alpha value is -4.44. The van der Waals surface area contributed by atoms with Gasteiger partial charge in [-0.1, -0.05) is 23.2 Å². The second-order valence-electron chi connectivity index (χ2n) is 7.27. The van der Waals surface area contributed by atoms with Crippen LogP contribution in [-0.2, 0) is 0 Å². The lowest BCUT2D eigenvalue weighted by molar-refractivity contribution is -0.394. The summed E-state index contributed by atoms with van der Waals surface area (Å²) in [5, 5.41) is 43.5. The van der Waals surface area contributed by atoms with Crippen molar-refractivity contribution < 1.29 is 29.3 Å². The summed E-state index contributed by atoms with van der Waals surface area (Å²) >= 11 is 11.9. The summed E-state index contributed by atoms with van der Waals surface area (Å²) in [7, 11) is 0. The summed E-state index contributed by atoms with van der Waals surface area (Å²) in [5.74, 6) is -1.72. The fraction of sp³-hybridized carbons (Fsp3) is 0.222. The Bertz CT molecular complexity index is 1240. The molecule has 1 aliphatic rings. The van der Waals surface area contributed by atoms with Crippen LogP contribution in [0, 0.1) is 40.5 Å². The Balaban J connectivity index is 1.85. The number of rotatable bonds is 6. The number of hydrogen-bond acceptors (Lipinski definition) is 10. The van der Waals surface area contributed by atoms with E-state index < -0.39 is 75.4 Å². The molecule has 0 bridgehead atoms. The zero-order chi connectivity index (χ0) is 26.9. The fourth-order valence-corrected chi connectivity index (χ4v) is 3.95. The van der Waals surface area contributed by atoms with Crippen molar-refractivity contribution in [2.45, 2.75) is 0 Å². The van der Waals surface area contributed by atoms with E-state index in [1.165, 1.54) is 0 Å². The molecule has 0 unspecified atom stereocenters. The molecule has 0 saturated carbocycles. The van der Waals surface area contributed by atoms with Crippen molar-refractivity contribution in [3.63, 3.8) is 0 Å². The maximum Gasteiger partial charge on any atom is 0.295 e. The van der Waals surface area contributed by atoms with E-state index in [9.17, 15) is 50.0 Å². The lowest BCUT2D eigenvalue weighted by atomic mass is 10.1. The highest BCUT2D eigenvalue weighted by molar-refractivity contribution is 6.36. The number of nitro benzene ring substituents is 4. The number of nitro groups is 4. The van der Waals surface area contributed by atoms with Crippen LogP contribution < -0.4 is 0 Å². The molecule has 0 spiro atoms. The lowest BCUT2D eigenvalue weighted by Gasteiger charge is -2.35. The Morgan fingerprint density at radius 2 is 0.917 bits per heavy atom. The summed E-state index contributed by atoms with van der Waals surface area (Å²) in [6.45, 7) is -0.587. The van der Waals surface area contributed by atoms with E-state index >= 15 is 0 Å². The molecular formula is C18H12Cl2N6O10. The SMILES string of the molecule is O=C(c1cc([N+](=O)[O-])cc([N+](=O)[O-])c1Cl)N1CCN(C(=O)c2cc([N+](=O)[O-])cc([N+](=O)[O-])c2Cl)CC1. The molecule has 0 N–H and O–H groups in total. The predicted octanol–water partition coefficient (Wildman–Crippen LogP) is 3.22. The van der Waals surface area contributed by atoms with Crippen LogP contribution in [0.1, 0.15) is 20.7 Å². The minimum atomic E-state index is -0.968. The first-order valence-corrected chi connectivity index (χ1v) is 10.4. The van der Waals surface area contributed by atoms with Crippen molar-refractivity contribution >= 4 is 57.8 Å². The number of hydrogen-bond donors (Lipinski definition) is 0. The molecule has 0 radical (unpaired) electrons. The van der Waals surface area contributed by atoms with Gasteiger partial charge in [0.1, 0.15) is 10.0 Å². The first-order valence-electron chi connectivity index (χ1n) is 9.66. The quantitative estimate of drug-likeness (QED) is 0.383. The van der Waals surface area contributed by atoms with E-state index in [2.05, 4.69) is 0 Å². The molecule has 36 heavy (non-hydrogen) atoms. The van der Waals surface area contributed by atoms with Gasteiger partial charge in [-0.05, 0) is 0 Å². The van der Waals surface area contributed by atoms with E-state index in [1.54, 1.807) is 0 Å². The number of amides is 2. The van der Waals surface area contributed by atoms with Crippen molar-refractivity contribution in [2.75, 3.05) is 26.2 Å². The number of nitrogens with zero attached hydrogens (tertiary/aromatic N) is 6. The number of benzene rings is 2. The molecule has 3 rings (SSSR count). The maximum atomic E-state index is 12.9. The molecule has 16 nitrogen and oxygen atoms in total. The molecule has 0 atom stereocenters. The normalized spacial score (nSPS) is 13.3. The third-order valence-corrected chi connectivity index (χ3v) is 6.00. The van der Waals surface area contributed by atoms with Gasteiger partial charge < -0.3 is 9.80 Å². The molecular weight excluding hydrogens is 531 g/mol. The Labute approximate surface area is 209 Å². The van der Waals surface area contributed by atoms with Gasteiger partial charge in [-0.25, -0.2) is 0 Å². The molecule has 0 aromatic heterocycles. The minimum absolute atomic E-state index is 0.147. The minimum Gasteiger partial charge on any atom is -0.335 e. The Kier molecular flexibility index (Phi) is 7.30. The number of carbonyl (C=O) groups excluding carboxylic acids is 2. The van der Waals surface area contributed by atoms with Crippen LogP contribution in [0.15, 0.2) is 24.3 Å². The maximum absolute atomic E-state index is 12.9. The fourth-order valence-electron chi connectivity index (χ4n) is 3.43. The Morgan fingerprint density at radius 1 is 0.611 bits per heavy atom. The van der Waals surface area contributed by atoms with Crippen LogP contribution in [0.3, 0.4) is 0 Å². The van der Waals surface area contributed by atoms with Crippen molar-refractivity contribution in [3.05, 3.63) is 85.9 Å². The summed E-state index contributed by atoms with van der Waals surface area (Å²) in [4.78, 5) is 69.0. The van der Waals surface area contributed by atoms with E-state index in [0.29, 0.717) is 12.1 Å². The average molecular weight is 543 g/mol. The van der Waals surface area contributed by atoms with Crippen molar-refractivity contribution in [2.24, 2.45) is 0 Å². The van der Waals surface area contributed by atoms with Crippen LogP contribution in [0.5, 0.6) is 0 Å². The smallest absolute Gasteiger partial charge is 0.295 e. The molecule has 1 heterocycles. The molecule has 1 saturated heterocycles. The van der Waals surface area contributed by atoms with Gasteiger partial charge in [-0.3, -0.25) is 50.0 Å². The number of carbonyl (C=O) groups is 2. The average Bonchev–Trinajstić information content (AvgIpc) is 2.82. The molecule has 0 aliphatic carbocycles. The van der Waals surface area contributed by atoms with Crippen molar-refractivity contribution in [1.82, 2.24) is 9.80 Å². The molecule has 18 heteroatoms. The van der Waals surface area contributed by atoms with Crippen LogP contribution >= 0.6 is 23.2 Å². The molecule has 2 aromatic rings. The van der Waals surface area contributed by atoms with Gasteiger partial charge in [0.15, 0.2) is 0 Å². The number of piperazine rings is 1. The van der Waals surface area contributed by atoms with Crippen LogP contribution in [-0.4, -0.2) is 67.5 Å². The molecule has 2 amide bonds. The van der Waals surface area contributed by atoms with Crippen LogP contribution in [0.2, 0.25) is 10.0 Å². The zero-order valence-corrected chi connectivity index (χ0v) is 19.2. The highest BCUT2D eigenvalue weighted by Gasteiger charge is 2.33. The van der Waals surface area contributed by atoms with Gasteiger partial charge in [0, 0.05) is 38.3 Å². The second-order valence-corrected chi connectivity index (χ2v) is 8.02. The van der Waals surface area contributed by atoms with Crippen molar-refractivity contribution in [1.29, 1.82) is 0 Å². The standard InChI is InChI=1S/C18H12Cl2N6O10/c19-15-11(5-9(23(29)30)7-13(15)25(33)34)17(27)21-1-2-22(4-3-21)18(28)12-6-10(24(31)32)8-14(16(12)20)26(35)36/h5-8H,1-4H2. The molecule has 1 fully saturated rings. The first-order chi connectivity index (χ1) is 16.8. The number of non-ortho nitro benzene ring substituents is 2. The number of halogens is 2. The summed E-state index contributed by atoms with van der Waals surface area (Å²) in [6, 6.07) is 2.85. The van der Waals surface area contributed by atoms with E-state index in [4.69, 9.17) is 23.2 Å². The summed E-state index contributed by atoms with van der Waals surface area (Å²) in [6.07, 6.45) is 0. The largest absolute Gasteiger partial charge is 0.335 e. The lowest BCUT2D eigenvalue weighted by Crippen LogP contribution is -2.50. The van der Waals surface area contributed by atoms with Gasteiger partial charge in [-0.15, -0.1) is 0 Å². The highest BCUT2D eigenvalue weighted by atomic mass is 35.5. The molecule has 1 aliphatic heterocycles. The van der Waals surface area contributed by atoms with Crippen LogP contribution in [0.25, 0.3) is 0 Å². The Morgan fingerprint density at radius 3 is 1.17 bits per heavy atom. The summed E-state index contributed by atoms with van der Waals surface area (Å²) in [5.41, 5.74) is -4.05. The monoisotopic (exact) mass is 542 g/mol. The van der Waals surface area contributed by atoms with E-state index in [-0.39, 0.29) is 26.2 Å². The predicted molar refractivity (Wildman–Crippen MR) is 121 cm³/mol. The van der Waals surface area contributed by atoms with Gasteiger partial charge in [0.2, 0.25) is 0 Å². The third kappa shape index (κ3) is 4.98. The topological polar surface area (TPSA) is 213 Å². The van der Waals surface area contributed by atoms with Gasteiger partial charge in [0.25, 0.3) is 34.6 Å². The van der Waals surface area contributed by atoms with Gasteiger partial charge >= 0.3 is 0 Å². The highest BCUT2D eigenvalue weighted by Crippen LogP contribution is 2.35. The molecule has 188 valence electrons. The van der Waals surface area contributed by atoms with Crippen LogP contribution in [0.4, 0.5) is 22.7 Å².